The van der Waals surface area contributed by atoms with Gasteiger partial charge in [0.05, 0.1) is 11.9 Å². The lowest BCUT2D eigenvalue weighted by Gasteiger charge is -2.14. The number of carbonyl (C=O) groups excluding carboxylic acids is 2. The van der Waals surface area contributed by atoms with E-state index in [1.165, 1.54) is 23.5 Å². The molecular formula is C19H24N4O3S. The maximum absolute atomic E-state index is 12.5. The fourth-order valence-electron chi connectivity index (χ4n) is 2.26. The number of rotatable bonds is 8. The Morgan fingerprint density at radius 2 is 1.96 bits per heavy atom. The van der Waals surface area contributed by atoms with E-state index in [1.807, 2.05) is 38.1 Å². The number of thioether (sulfide) groups is 1. The van der Waals surface area contributed by atoms with Gasteiger partial charge in [0, 0.05) is 12.7 Å². The molecule has 0 spiro atoms. The van der Waals surface area contributed by atoms with Crippen molar-refractivity contribution in [3.8, 4) is 0 Å². The number of carbonyl (C=O) groups is 2. The highest BCUT2D eigenvalue weighted by Gasteiger charge is 2.21. The van der Waals surface area contributed by atoms with E-state index in [0.717, 1.165) is 5.56 Å². The van der Waals surface area contributed by atoms with Crippen molar-refractivity contribution in [2.45, 2.75) is 44.1 Å². The third-order valence-electron chi connectivity index (χ3n) is 3.79. The highest BCUT2D eigenvalue weighted by atomic mass is 32.2. The van der Waals surface area contributed by atoms with Crippen LogP contribution in [0.3, 0.4) is 0 Å². The molecule has 2 aromatic rings. The predicted octanol–water partition coefficient (Wildman–Crippen LogP) is 2.73. The number of nitrogen functional groups attached to an aromatic ring is 1. The van der Waals surface area contributed by atoms with Gasteiger partial charge in [-0.15, -0.1) is 0 Å². The molecule has 3 N–H and O–H groups in total. The van der Waals surface area contributed by atoms with Crippen LogP contribution in [0.2, 0.25) is 0 Å². The molecule has 0 saturated carbocycles. The van der Waals surface area contributed by atoms with Crippen LogP contribution < -0.4 is 11.1 Å². The van der Waals surface area contributed by atoms with Crippen molar-refractivity contribution in [3.63, 3.8) is 0 Å². The number of hydrogen-bond donors (Lipinski definition) is 2. The third-order valence-corrected chi connectivity index (χ3v) is 5.03. The Labute approximate surface area is 163 Å². The van der Waals surface area contributed by atoms with Crippen LogP contribution in [0.25, 0.3) is 0 Å². The largest absolute Gasteiger partial charge is 0.462 e. The summed E-state index contributed by atoms with van der Waals surface area (Å²) in [7, 11) is 0. The van der Waals surface area contributed by atoms with Gasteiger partial charge in [-0.1, -0.05) is 48.5 Å². The molecule has 1 aromatic heterocycles. The Hall–Kier alpha value is -2.61. The molecule has 1 aromatic carbocycles. The molecule has 2 rings (SSSR count). The van der Waals surface area contributed by atoms with E-state index in [0.29, 0.717) is 18.1 Å². The molecule has 7 nitrogen and oxygen atoms in total. The van der Waals surface area contributed by atoms with Crippen molar-refractivity contribution in [1.29, 1.82) is 0 Å². The molecule has 144 valence electrons. The first-order valence-corrected chi connectivity index (χ1v) is 9.62. The number of aryl methyl sites for hydroxylation is 1. The Balaban J connectivity index is 1.98. The second-order valence-electron chi connectivity index (χ2n) is 5.89. The van der Waals surface area contributed by atoms with Gasteiger partial charge in [0.1, 0.15) is 11.4 Å². The van der Waals surface area contributed by atoms with Crippen LogP contribution in [0, 0.1) is 6.92 Å². The molecule has 8 heteroatoms. The minimum Gasteiger partial charge on any atom is -0.462 e. The Morgan fingerprint density at radius 3 is 2.56 bits per heavy atom. The Morgan fingerprint density at radius 1 is 1.26 bits per heavy atom. The molecule has 0 unspecified atom stereocenters. The first kappa shape index (κ1) is 20.7. The van der Waals surface area contributed by atoms with Crippen LogP contribution in [-0.2, 0) is 16.1 Å². The predicted molar refractivity (Wildman–Crippen MR) is 105 cm³/mol. The van der Waals surface area contributed by atoms with E-state index in [4.69, 9.17) is 10.5 Å². The molecule has 27 heavy (non-hydrogen) atoms. The van der Waals surface area contributed by atoms with Crippen LogP contribution in [0.5, 0.6) is 0 Å². The molecule has 0 fully saturated rings. The Bertz CT molecular complexity index is 796. The summed E-state index contributed by atoms with van der Waals surface area (Å²) in [6, 6.07) is 7.99. The number of hydrogen-bond acceptors (Lipinski definition) is 7. The topological polar surface area (TPSA) is 107 Å². The summed E-state index contributed by atoms with van der Waals surface area (Å²) < 4.78 is 4.90. The molecule has 0 radical (unpaired) electrons. The average molecular weight is 388 g/mol. The maximum Gasteiger partial charge on any atom is 0.343 e. The second kappa shape index (κ2) is 9.91. The van der Waals surface area contributed by atoms with Crippen molar-refractivity contribution in [1.82, 2.24) is 15.3 Å². The fraction of sp³-hybridized carbons (Fsp3) is 0.368. The summed E-state index contributed by atoms with van der Waals surface area (Å²) in [6.45, 7) is 6.35. The molecule has 0 aliphatic carbocycles. The van der Waals surface area contributed by atoms with Gasteiger partial charge in [-0.05, 0) is 25.8 Å². The first-order valence-electron chi connectivity index (χ1n) is 8.74. The van der Waals surface area contributed by atoms with Crippen LogP contribution in [0.1, 0.15) is 41.8 Å². The standard InChI is InChI=1S/C19H24N4O3S/c1-4-15(17(24)21-10-13-8-6-12(3)7-9-13)27-19-22-11-14(16(20)23-19)18(25)26-5-2/h6-9,11,15H,4-5,10H2,1-3H3,(H,21,24)(H2,20,22,23)/t15-/m0/s1. The number of nitrogens with zero attached hydrogens (tertiary/aromatic N) is 2. The molecule has 0 saturated heterocycles. The van der Waals surface area contributed by atoms with E-state index in [9.17, 15) is 9.59 Å². The van der Waals surface area contributed by atoms with Gasteiger partial charge in [0.15, 0.2) is 5.16 Å². The average Bonchev–Trinajstić information content (AvgIpc) is 2.65. The molecule has 1 atom stereocenters. The molecule has 0 bridgehead atoms. The number of nitrogens with one attached hydrogen (secondary N) is 1. The fourth-order valence-corrected chi connectivity index (χ4v) is 3.14. The molecule has 0 aliphatic heterocycles. The molecule has 0 aliphatic rings. The lowest BCUT2D eigenvalue weighted by atomic mass is 10.1. The SMILES string of the molecule is CCOC(=O)c1cnc(S[C@@H](CC)C(=O)NCc2ccc(C)cc2)nc1N. The second-order valence-corrected chi connectivity index (χ2v) is 7.06. The lowest BCUT2D eigenvalue weighted by molar-refractivity contribution is -0.120. The summed E-state index contributed by atoms with van der Waals surface area (Å²) in [6.07, 6.45) is 1.94. The lowest BCUT2D eigenvalue weighted by Crippen LogP contribution is -2.32. The van der Waals surface area contributed by atoms with Gasteiger partial charge < -0.3 is 15.8 Å². The summed E-state index contributed by atoms with van der Waals surface area (Å²) in [5.74, 6) is -0.616. The number of aromatic nitrogens is 2. The summed E-state index contributed by atoms with van der Waals surface area (Å²) >= 11 is 1.22. The van der Waals surface area contributed by atoms with Crippen LogP contribution >= 0.6 is 11.8 Å². The van der Waals surface area contributed by atoms with E-state index >= 15 is 0 Å². The molecule has 1 amide bonds. The molecular weight excluding hydrogens is 364 g/mol. The number of benzene rings is 1. The number of amides is 1. The Kier molecular flexibility index (Phi) is 7.60. The highest BCUT2D eigenvalue weighted by Crippen LogP contribution is 2.24. The number of anilines is 1. The molecule has 1 heterocycles. The van der Waals surface area contributed by atoms with Crippen molar-refractivity contribution in [2.75, 3.05) is 12.3 Å². The number of nitrogens with two attached hydrogens (primary N) is 1. The first-order chi connectivity index (χ1) is 12.9. The monoisotopic (exact) mass is 388 g/mol. The van der Waals surface area contributed by atoms with Crippen molar-refractivity contribution < 1.29 is 14.3 Å². The maximum atomic E-state index is 12.5. The van der Waals surface area contributed by atoms with Crippen LogP contribution in [-0.4, -0.2) is 33.7 Å². The summed E-state index contributed by atoms with van der Waals surface area (Å²) in [5.41, 5.74) is 8.16. The van der Waals surface area contributed by atoms with Gasteiger partial charge in [0.2, 0.25) is 5.91 Å². The van der Waals surface area contributed by atoms with Crippen molar-refractivity contribution >= 4 is 29.5 Å². The minimum absolute atomic E-state index is 0.0425. The van der Waals surface area contributed by atoms with Gasteiger partial charge in [0.25, 0.3) is 0 Å². The van der Waals surface area contributed by atoms with Gasteiger partial charge >= 0.3 is 5.97 Å². The van der Waals surface area contributed by atoms with Gasteiger partial charge in [-0.2, -0.15) is 0 Å². The third kappa shape index (κ3) is 5.96. The van der Waals surface area contributed by atoms with Crippen molar-refractivity contribution in [2.24, 2.45) is 0 Å². The van der Waals surface area contributed by atoms with Gasteiger partial charge in [-0.25, -0.2) is 14.8 Å². The van der Waals surface area contributed by atoms with E-state index < -0.39 is 5.97 Å². The van der Waals surface area contributed by atoms with E-state index in [1.54, 1.807) is 6.92 Å². The van der Waals surface area contributed by atoms with E-state index in [-0.39, 0.29) is 29.1 Å². The quantitative estimate of drug-likeness (QED) is 0.407. The number of ether oxygens (including phenoxy) is 1. The zero-order chi connectivity index (χ0) is 19.8. The van der Waals surface area contributed by atoms with Crippen LogP contribution in [0.15, 0.2) is 35.6 Å². The van der Waals surface area contributed by atoms with E-state index in [2.05, 4.69) is 15.3 Å². The normalized spacial score (nSPS) is 11.7. The van der Waals surface area contributed by atoms with Crippen molar-refractivity contribution in [3.05, 3.63) is 47.2 Å². The highest BCUT2D eigenvalue weighted by molar-refractivity contribution is 8.00. The summed E-state index contributed by atoms with van der Waals surface area (Å²) in [4.78, 5) is 32.5. The summed E-state index contributed by atoms with van der Waals surface area (Å²) in [5, 5.41) is 2.92. The zero-order valence-electron chi connectivity index (χ0n) is 15.7. The zero-order valence-corrected chi connectivity index (χ0v) is 16.5. The number of esters is 1. The minimum atomic E-state index is -0.561. The smallest absolute Gasteiger partial charge is 0.343 e. The van der Waals surface area contributed by atoms with Crippen LogP contribution in [0.4, 0.5) is 5.82 Å². The van der Waals surface area contributed by atoms with Gasteiger partial charge in [-0.3, -0.25) is 4.79 Å².